The smallest absolute Gasteiger partial charge is 0.249 e. The minimum absolute atomic E-state index is 0.0781. The van der Waals surface area contributed by atoms with E-state index in [9.17, 15) is 4.79 Å². The average Bonchev–Trinajstić information content (AvgIpc) is 2.85. The Morgan fingerprint density at radius 3 is 2.83 bits per heavy atom. The first kappa shape index (κ1) is 12.2. The number of nitrogens with zero attached hydrogens (tertiary/aromatic N) is 1. The Bertz CT molecular complexity index is 548. The summed E-state index contributed by atoms with van der Waals surface area (Å²) in [6.07, 6.45) is 1.71. The normalized spacial score (nSPS) is 12.1. The Morgan fingerprint density at radius 2 is 2.22 bits per heavy atom. The van der Waals surface area contributed by atoms with Gasteiger partial charge in [-0.1, -0.05) is 6.07 Å². The fraction of sp³-hybridized carbons (Fsp3) is 0.231. The van der Waals surface area contributed by atoms with Crippen LogP contribution in [0.15, 0.2) is 30.5 Å². The number of H-pyrrole nitrogens is 1. The van der Waals surface area contributed by atoms with Crippen LogP contribution in [0.5, 0.6) is 0 Å². The van der Waals surface area contributed by atoms with E-state index in [4.69, 9.17) is 5.73 Å². The molecule has 0 saturated heterocycles. The zero-order valence-corrected chi connectivity index (χ0v) is 10.4. The van der Waals surface area contributed by atoms with Crippen LogP contribution in [-0.2, 0) is 0 Å². The number of rotatable bonds is 4. The molecule has 2 rings (SSSR count). The molecule has 0 radical (unpaired) electrons. The van der Waals surface area contributed by atoms with Gasteiger partial charge < -0.3 is 11.1 Å². The predicted molar refractivity (Wildman–Crippen MR) is 70.3 cm³/mol. The van der Waals surface area contributed by atoms with Gasteiger partial charge in [0.2, 0.25) is 5.91 Å². The fourth-order valence-corrected chi connectivity index (χ4v) is 1.88. The highest BCUT2D eigenvalue weighted by molar-refractivity contribution is 5.95. The second-order valence-corrected chi connectivity index (χ2v) is 4.22. The molecule has 5 heteroatoms. The van der Waals surface area contributed by atoms with Crippen molar-refractivity contribution in [2.24, 2.45) is 5.73 Å². The number of aromatic nitrogens is 2. The molecule has 0 fully saturated rings. The van der Waals surface area contributed by atoms with E-state index in [2.05, 4.69) is 15.5 Å². The third kappa shape index (κ3) is 2.34. The summed E-state index contributed by atoms with van der Waals surface area (Å²) < 4.78 is 0. The van der Waals surface area contributed by atoms with Crippen molar-refractivity contribution < 1.29 is 4.79 Å². The lowest BCUT2D eigenvalue weighted by atomic mass is 10.1. The fourth-order valence-electron chi connectivity index (χ4n) is 1.88. The molecule has 4 N–H and O–H groups in total. The van der Waals surface area contributed by atoms with Crippen molar-refractivity contribution >= 4 is 11.6 Å². The molecule has 18 heavy (non-hydrogen) atoms. The number of anilines is 1. The first-order valence-corrected chi connectivity index (χ1v) is 5.75. The van der Waals surface area contributed by atoms with Crippen LogP contribution in [0.4, 0.5) is 5.69 Å². The number of carbonyl (C=O) groups excluding carboxylic acids is 1. The molecule has 5 nitrogen and oxygen atoms in total. The van der Waals surface area contributed by atoms with E-state index >= 15 is 0 Å². The quantitative estimate of drug-likeness (QED) is 0.769. The number of nitrogens with two attached hydrogens (primary N) is 1. The number of amides is 1. The van der Waals surface area contributed by atoms with Gasteiger partial charge in [-0.3, -0.25) is 9.89 Å². The molecule has 1 heterocycles. The molecule has 0 bridgehead atoms. The highest BCUT2D eigenvalue weighted by Crippen LogP contribution is 2.23. The van der Waals surface area contributed by atoms with E-state index in [-0.39, 0.29) is 6.04 Å². The molecular formula is C13H16N4O. The largest absolute Gasteiger partial charge is 0.377 e. The molecule has 1 atom stereocenters. The summed E-state index contributed by atoms with van der Waals surface area (Å²) in [6, 6.07) is 7.45. The van der Waals surface area contributed by atoms with Gasteiger partial charge in [-0.2, -0.15) is 5.10 Å². The number of hydrogen-bond acceptors (Lipinski definition) is 3. The molecule has 2 aromatic rings. The third-order valence-electron chi connectivity index (χ3n) is 2.96. The van der Waals surface area contributed by atoms with E-state index in [0.717, 1.165) is 16.9 Å². The number of benzene rings is 1. The molecule has 1 amide bonds. The monoisotopic (exact) mass is 244 g/mol. The number of carbonyl (C=O) groups is 1. The number of primary amides is 1. The van der Waals surface area contributed by atoms with Crippen molar-refractivity contribution in [3.63, 3.8) is 0 Å². The van der Waals surface area contributed by atoms with E-state index in [1.165, 1.54) is 0 Å². The molecule has 1 aromatic heterocycles. The minimum atomic E-state index is -0.412. The van der Waals surface area contributed by atoms with Crippen molar-refractivity contribution in [2.75, 3.05) is 5.32 Å². The molecule has 0 aliphatic rings. The SMILES string of the molecule is Cc1c(NC(C)c2ccn[nH]2)cccc1C(N)=O. The van der Waals surface area contributed by atoms with Gasteiger partial charge in [-0.15, -0.1) is 0 Å². The van der Waals surface area contributed by atoms with Crippen LogP contribution in [-0.4, -0.2) is 16.1 Å². The average molecular weight is 244 g/mol. The summed E-state index contributed by atoms with van der Waals surface area (Å²) >= 11 is 0. The highest BCUT2D eigenvalue weighted by Gasteiger charge is 2.11. The van der Waals surface area contributed by atoms with E-state index in [1.807, 2.05) is 32.0 Å². The zero-order valence-electron chi connectivity index (χ0n) is 10.4. The molecule has 1 unspecified atom stereocenters. The van der Waals surface area contributed by atoms with Crippen LogP contribution in [0.3, 0.4) is 0 Å². The number of hydrogen-bond donors (Lipinski definition) is 3. The van der Waals surface area contributed by atoms with Gasteiger partial charge >= 0.3 is 0 Å². The summed E-state index contributed by atoms with van der Waals surface area (Å²) in [5.41, 5.74) is 8.60. The Kier molecular flexibility index (Phi) is 3.32. The topological polar surface area (TPSA) is 83.8 Å². The highest BCUT2D eigenvalue weighted by atomic mass is 16.1. The van der Waals surface area contributed by atoms with Crippen LogP contribution < -0.4 is 11.1 Å². The van der Waals surface area contributed by atoms with Gasteiger partial charge in [0.1, 0.15) is 0 Å². The number of nitrogens with one attached hydrogen (secondary N) is 2. The van der Waals surface area contributed by atoms with Crippen molar-refractivity contribution in [3.8, 4) is 0 Å². The molecule has 0 saturated carbocycles. The maximum Gasteiger partial charge on any atom is 0.249 e. The second-order valence-electron chi connectivity index (χ2n) is 4.22. The first-order valence-electron chi connectivity index (χ1n) is 5.75. The van der Waals surface area contributed by atoms with Crippen LogP contribution in [0, 0.1) is 6.92 Å². The molecule has 0 aliphatic carbocycles. The van der Waals surface area contributed by atoms with Crippen LogP contribution in [0.25, 0.3) is 0 Å². The number of aromatic amines is 1. The van der Waals surface area contributed by atoms with Gasteiger partial charge in [-0.25, -0.2) is 0 Å². The van der Waals surface area contributed by atoms with Crippen molar-refractivity contribution in [2.45, 2.75) is 19.9 Å². The summed E-state index contributed by atoms with van der Waals surface area (Å²) in [6.45, 7) is 3.89. The first-order chi connectivity index (χ1) is 8.59. The Hall–Kier alpha value is -2.30. The standard InChI is InChI=1S/C13H16N4O/c1-8-10(13(14)18)4-3-5-11(8)16-9(2)12-6-7-15-17-12/h3-7,9,16H,1-2H3,(H2,14,18)(H,15,17). The van der Waals surface area contributed by atoms with Crippen LogP contribution in [0.2, 0.25) is 0 Å². The third-order valence-corrected chi connectivity index (χ3v) is 2.96. The predicted octanol–water partition coefficient (Wildman–Crippen LogP) is 1.99. The Morgan fingerprint density at radius 1 is 1.44 bits per heavy atom. The maximum absolute atomic E-state index is 11.3. The molecule has 1 aromatic carbocycles. The molecular weight excluding hydrogens is 228 g/mol. The Balaban J connectivity index is 2.24. The van der Waals surface area contributed by atoms with Gasteiger partial charge in [0.05, 0.1) is 11.7 Å². The minimum Gasteiger partial charge on any atom is -0.377 e. The lowest BCUT2D eigenvalue weighted by Gasteiger charge is -2.16. The van der Waals surface area contributed by atoms with Gasteiger partial charge in [-0.05, 0) is 37.6 Å². The Labute approximate surface area is 105 Å². The zero-order chi connectivity index (χ0) is 13.1. The maximum atomic E-state index is 11.3. The summed E-state index contributed by atoms with van der Waals surface area (Å²) in [7, 11) is 0. The van der Waals surface area contributed by atoms with Gasteiger partial charge in [0, 0.05) is 17.4 Å². The summed E-state index contributed by atoms with van der Waals surface area (Å²) in [5, 5.41) is 10.2. The second kappa shape index (κ2) is 4.91. The van der Waals surface area contributed by atoms with Crippen molar-refractivity contribution in [1.29, 1.82) is 0 Å². The van der Waals surface area contributed by atoms with Crippen LogP contribution >= 0.6 is 0 Å². The summed E-state index contributed by atoms with van der Waals surface area (Å²) in [4.78, 5) is 11.3. The summed E-state index contributed by atoms with van der Waals surface area (Å²) in [5.74, 6) is -0.412. The molecule has 94 valence electrons. The molecule has 0 spiro atoms. The molecule has 0 aliphatic heterocycles. The van der Waals surface area contributed by atoms with Crippen LogP contribution in [0.1, 0.15) is 34.6 Å². The van der Waals surface area contributed by atoms with E-state index in [0.29, 0.717) is 5.56 Å². The van der Waals surface area contributed by atoms with Gasteiger partial charge in [0.15, 0.2) is 0 Å². The van der Waals surface area contributed by atoms with E-state index < -0.39 is 5.91 Å². The van der Waals surface area contributed by atoms with Crippen molar-refractivity contribution in [1.82, 2.24) is 10.2 Å². The lowest BCUT2D eigenvalue weighted by molar-refractivity contribution is 0.1000. The van der Waals surface area contributed by atoms with Crippen molar-refractivity contribution in [3.05, 3.63) is 47.3 Å². The lowest BCUT2D eigenvalue weighted by Crippen LogP contribution is -2.15. The van der Waals surface area contributed by atoms with Gasteiger partial charge in [0.25, 0.3) is 0 Å². The van der Waals surface area contributed by atoms with E-state index in [1.54, 1.807) is 12.3 Å².